The molecule has 3 heterocycles. The number of hydrogen-bond acceptors (Lipinski definition) is 6. The van der Waals surface area contributed by atoms with Crippen LogP contribution in [0.15, 0.2) is 16.2 Å². The number of fused-ring (bicyclic) bond motifs is 3. The SMILES string of the molecule is COCCCn1c(=O)c2sccc2n2c(CCCC(=O)O)nnc12. The van der Waals surface area contributed by atoms with Crippen molar-refractivity contribution >= 4 is 33.3 Å². The standard InChI is InChI=1S/C15H18N4O4S/c1-23-8-3-7-18-14(22)13-10(6-9-24-13)19-11(16-17-15(18)19)4-2-5-12(20)21/h6,9H,2-5,7-8H2,1H3,(H,20,21). The van der Waals surface area contributed by atoms with Gasteiger partial charge >= 0.3 is 5.97 Å². The van der Waals surface area contributed by atoms with Gasteiger partial charge in [-0.15, -0.1) is 21.5 Å². The van der Waals surface area contributed by atoms with Crippen LogP contribution in [0.3, 0.4) is 0 Å². The van der Waals surface area contributed by atoms with Crippen molar-refractivity contribution in [3.05, 3.63) is 27.6 Å². The molecule has 3 aromatic rings. The minimum absolute atomic E-state index is 0.0758. The van der Waals surface area contributed by atoms with E-state index in [9.17, 15) is 9.59 Å². The van der Waals surface area contributed by atoms with Gasteiger partial charge in [-0.1, -0.05) is 0 Å². The van der Waals surface area contributed by atoms with Gasteiger partial charge < -0.3 is 9.84 Å². The third-order valence-corrected chi connectivity index (χ3v) is 4.69. The van der Waals surface area contributed by atoms with Crippen LogP contribution in [-0.4, -0.2) is 44.0 Å². The number of carbonyl (C=O) groups is 1. The number of carboxylic acids is 1. The van der Waals surface area contributed by atoms with E-state index in [1.807, 2.05) is 15.8 Å². The fraction of sp³-hybridized carbons (Fsp3) is 0.467. The zero-order valence-electron chi connectivity index (χ0n) is 13.3. The van der Waals surface area contributed by atoms with Crippen LogP contribution in [0.4, 0.5) is 0 Å². The molecule has 24 heavy (non-hydrogen) atoms. The molecule has 0 fully saturated rings. The molecule has 0 bridgehead atoms. The van der Waals surface area contributed by atoms with Crippen molar-refractivity contribution in [1.82, 2.24) is 19.2 Å². The molecule has 9 heteroatoms. The quantitative estimate of drug-likeness (QED) is 0.619. The maximum Gasteiger partial charge on any atom is 0.303 e. The van der Waals surface area contributed by atoms with Gasteiger partial charge in [0.25, 0.3) is 5.56 Å². The van der Waals surface area contributed by atoms with Gasteiger partial charge in [-0.25, -0.2) is 0 Å². The molecule has 3 aromatic heterocycles. The first-order chi connectivity index (χ1) is 11.6. The Morgan fingerprint density at radius 1 is 1.38 bits per heavy atom. The molecule has 0 aliphatic heterocycles. The zero-order chi connectivity index (χ0) is 17.1. The number of nitrogens with zero attached hydrogens (tertiary/aromatic N) is 4. The highest BCUT2D eigenvalue weighted by molar-refractivity contribution is 7.17. The van der Waals surface area contributed by atoms with Crippen molar-refractivity contribution < 1.29 is 14.6 Å². The van der Waals surface area contributed by atoms with E-state index in [-0.39, 0.29) is 12.0 Å². The van der Waals surface area contributed by atoms with E-state index in [0.717, 1.165) is 5.52 Å². The average Bonchev–Trinajstić information content (AvgIpc) is 3.17. The summed E-state index contributed by atoms with van der Waals surface area (Å²) in [6.07, 6.45) is 1.75. The van der Waals surface area contributed by atoms with Crippen LogP contribution in [0, 0.1) is 0 Å². The number of aliphatic carboxylic acids is 1. The molecular weight excluding hydrogens is 332 g/mol. The molecule has 0 aromatic carbocycles. The Labute approximate surface area is 141 Å². The molecule has 0 saturated carbocycles. The number of thiophene rings is 1. The molecule has 0 saturated heterocycles. The number of hydrogen-bond donors (Lipinski definition) is 1. The summed E-state index contributed by atoms with van der Waals surface area (Å²) in [4.78, 5) is 23.4. The number of methoxy groups -OCH3 is 1. The lowest BCUT2D eigenvalue weighted by molar-refractivity contribution is -0.137. The summed E-state index contributed by atoms with van der Waals surface area (Å²) in [6, 6.07) is 1.87. The second-order valence-electron chi connectivity index (χ2n) is 5.44. The van der Waals surface area contributed by atoms with Crippen LogP contribution in [0.5, 0.6) is 0 Å². The van der Waals surface area contributed by atoms with Gasteiger partial charge in [-0.2, -0.15) is 0 Å². The van der Waals surface area contributed by atoms with Crippen molar-refractivity contribution in [3.8, 4) is 0 Å². The molecule has 0 amide bonds. The number of rotatable bonds is 8. The lowest BCUT2D eigenvalue weighted by Gasteiger charge is -2.09. The van der Waals surface area contributed by atoms with Gasteiger partial charge in [0.05, 0.1) is 5.52 Å². The van der Waals surface area contributed by atoms with Gasteiger partial charge in [0.2, 0.25) is 5.78 Å². The number of aromatic nitrogens is 4. The number of carboxylic acid groups (broad SMARTS) is 1. The van der Waals surface area contributed by atoms with Gasteiger partial charge in [-0.3, -0.25) is 18.6 Å². The summed E-state index contributed by atoms with van der Waals surface area (Å²) in [5, 5.41) is 19.0. The topological polar surface area (TPSA) is 98.7 Å². The van der Waals surface area contributed by atoms with Crippen molar-refractivity contribution in [3.63, 3.8) is 0 Å². The van der Waals surface area contributed by atoms with Crippen molar-refractivity contribution in [1.29, 1.82) is 0 Å². The molecule has 0 radical (unpaired) electrons. The van der Waals surface area contributed by atoms with Gasteiger partial charge in [-0.05, 0) is 24.3 Å². The maximum atomic E-state index is 12.7. The Kier molecular flexibility index (Phi) is 4.91. The molecule has 0 unspecified atom stereocenters. The number of ether oxygens (including phenoxy) is 1. The summed E-state index contributed by atoms with van der Waals surface area (Å²) in [7, 11) is 1.62. The smallest absolute Gasteiger partial charge is 0.303 e. The van der Waals surface area contributed by atoms with E-state index >= 15 is 0 Å². The van der Waals surface area contributed by atoms with Crippen molar-refractivity contribution in [2.45, 2.75) is 32.2 Å². The van der Waals surface area contributed by atoms with Crippen molar-refractivity contribution in [2.75, 3.05) is 13.7 Å². The molecule has 3 rings (SSSR count). The predicted molar refractivity (Wildman–Crippen MR) is 89.7 cm³/mol. The molecule has 0 atom stereocenters. The van der Waals surface area contributed by atoms with Crippen LogP contribution < -0.4 is 5.56 Å². The summed E-state index contributed by atoms with van der Waals surface area (Å²) in [5.41, 5.74) is 0.700. The van der Waals surface area contributed by atoms with Crippen LogP contribution in [0.25, 0.3) is 16.0 Å². The summed E-state index contributed by atoms with van der Waals surface area (Å²) < 4.78 is 9.19. The largest absolute Gasteiger partial charge is 0.481 e. The minimum atomic E-state index is -0.832. The summed E-state index contributed by atoms with van der Waals surface area (Å²) >= 11 is 1.39. The highest BCUT2D eigenvalue weighted by Crippen LogP contribution is 2.20. The van der Waals surface area contributed by atoms with Gasteiger partial charge in [0.1, 0.15) is 10.5 Å². The number of aryl methyl sites for hydroxylation is 2. The Morgan fingerprint density at radius 2 is 2.21 bits per heavy atom. The van der Waals surface area contributed by atoms with Crippen LogP contribution in [-0.2, 0) is 22.5 Å². The Balaban J connectivity index is 2.06. The first-order valence-electron chi connectivity index (χ1n) is 7.68. The minimum Gasteiger partial charge on any atom is -0.481 e. The van der Waals surface area contributed by atoms with Crippen LogP contribution in [0.1, 0.15) is 25.1 Å². The van der Waals surface area contributed by atoms with E-state index in [4.69, 9.17) is 9.84 Å². The molecule has 8 nitrogen and oxygen atoms in total. The molecule has 1 N–H and O–H groups in total. The van der Waals surface area contributed by atoms with E-state index in [1.165, 1.54) is 11.3 Å². The Hall–Kier alpha value is -2.26. The second-order valence-corrected chi connectivity index (χ2v) is 6.35. The molecule has 0 aliphatic carbocycles. The summed E-state index contributed by atoms with van der Waals surface area (Å²) in [5.74, 6) is 0.337. The molecule has 0 aliphatic rings. The average molecular weight is 350 g/mol. The van der Waals surface area contributed by atoms with Crippen molar-refractivity contribution in [2.24, 2.45) is 0 Å². The third kappa shape index (κ3) is 3.04. The fourth-order valence-electron chi connectivity index (χ4n) is 2.71. The predicted octanol–water partition coefficient (Wildman–Crippen LogP) is 1.55. The maximum absolute atomic E-state index is 12.7. The van der Waals surface area contributed by atoms with Crippen LogP contribution >= 0.6 is 11.3 Å². The first kappa shape index (κ1) is 16.6. The molecular formula is C15H18N4O4S. The van der Waals surface area contributed by atoms with E-state index in [0.29, 0.717) is 48.7 Å². The van der Waals surface area contributed by atoms with E-state index in [1.54, 1.807) is 11.7 Å². The zero-order valence-corrected chi connectivity index (χ0v) is 14.1. The molecule has 0 spiro atoms. The summed E-state index contributed by atoms with van der Waals surface area (Å²) in [6.45, 7) is 1.05. The first-order valence-corrected chi connectivity index (χ1v) is 8.56. The lowest BCUT2D eigenvalue weighted by Crippen LogP contribution is -2.23. The third-order valence-electron chi connectivity index (χ3n) is 3.80. The Morgan fingerprint density at radius 3 is 2.96 bits per heavy atom. The second kappa shape index (κ2) is 7.10. The van der Waals surface area contributed by atoms with E-state index < -0.39 is 5.97 Å². The monoisotopic (exact) mass is 350 g/mol. The Bertz CT molecular complexity index is 927. The highest BCUT2D eigenvalue weighted by Gasteiger charge is 2.17. The lowest BCUT2D eigenvalue weighted by atomic mass is 10.2. The van der Waals surface area contributed by atoms with Gasteiger partial charge in [0.15, 0.2) is 0 Å². The van der Waals surface area contributed by atoms with Crippen LogP contribution in [0.2, 0.25) is 0 Å². The normalized spacial score (nSPS) is 11.5. The van der Waals surface area contributed by atoms with Gasteiger partial charge in [0, 0.05) is 33.1 Å². The molecule has 128 valence electrons. The van der Waals surface area contributed by atoms with E-state index in [2.05, 4.69) is 10.2 Å². The fourth-order valence-corrected chi connectivity index (χ4v) is 3.53. The highest BCUT2D eigenvalue weighted by atomic mass is 32.1.